The third kappa shape index (κ3) is 1.98. The molecule has 2 nitrogen and oxygen atoms in total. The average Bonchev–Trinajstić information content (AvgIpc) is 2.52. The summed E-state index contributed by atoms with van der Waals surface area (Å²) in [4.78, 5) is 3.40. The normalized spacial score (nSPS) is 13.6. The summed E-state index contributed by atoms with van der Waals surface area (Å²) in [7, 11) is 0. The Kier molecular flexibility index (Phi) is 3.01. The van der Waals surface area contributed by atoms with Crippen LogP contribution in [-0.4, -0.2) is 4.98 Å². The molecule has 1 atom stereocenters. The zero-order valence-corrected chi connectivity index (χ0v) is 10.2. The van der Waals surface area contributed by atoms with E-state index in [0.717, 1.165) is 6.42 Å². The predicted molar refractivity (Wildman–Crippen MR) is 69.4 cm³/mol. The molecule has 0 aliphatic heterocycles. The van der Waals surface area contributed by atoms with E-state index >= 15 is 0 Å². The van der Waals surface area contributed by atoms with Gasteiger partial charge >= 0.3 is 0 Å². The molecule has 3 N–H and O–H groups in total. The molecule has 2 aromatic rings. The number of nitrogens with one attached hydrogen (secondary N) is 1. The zero-order valence-electron chi connectivity index (χ0n) is 10.2. The highest BCUT2D eigenvalue weighted by atomic mass is 14.7. The maximum absolute atomic E-state index is 6.29. The average molecular weight is 216 g/mol. The van der Waals surface area contributed by atoms with E-state index in [9.17, 15) is 0 Å². The second-order valence-electron chi connectivity index (χ2n) is 4.95. The number of rotatable bonds is 3. The largest absolute Gasteiger partial charge is 0.358 e. The van der Waals surface area contributed by atoms with Crippen molar-refractivity contribution in [1.82, 2.24) is 4.98 Å². The number of fused-ring (bicyclic) bond motifs is 1. The molecule has 0 spiro atoms. The van der Waals surface area contributed by atoms with Crippen LogP contribution in [0.1, 0.15) is 37.6 Å². The summed E-state index contributed by atoms with van der Waals surface area (Å²) in [5.74, 6) is 0.628. The Hall–Kier alpha value is -1.28. The van der Waals surface area contributed by atoms with Gasteiger partial charge in [0.2, 0.25) is 0 Å². The fourth-order valence-corrected chi connectivity index (χ4v) is 2.40. The van der Waals surface area contributed by atoms with E-state index in [4.69, 9.17) is 5.73 Å². The Morgan fingerprint density at radius 1 is 1.25 bits per heavy atom. The summed E-state index contributed by atoms with van der Waals surface area (Å²) in [6.07, 6.45) is 1.03. The molecule has 0 aliphatic carbocycles. The van der Waals surface area contributed by atoms with Crippen LogP contribution in [0.5, 0.6) is 0 Å². The Labute approximate surface area is 96.9 Å². The summed E-state index contributed by atoms with van der Waals surface area (Å²) < 4.78 is 0. The highest BCUT2D eigenvalue weighted by Crippen LogP contribution is 2.29. The molecule has 0 aliphatic rings. The van der Waals surface area contributed by atoms with Crippen LogP contribution in [-0.2, 0) is 0 Å². The molecule has 1 aromatic heterocycles. The van der Waals surface area contributed by atoms with Crippen LogP contribution < -0.4 is 5.73 Å². The molecular formula is C14H20N2. The third-order valence-electron chi connectivity index (χ3n) is 3.04. The molecule has 0 radical (unpaired) electrons. The van der Waals surface area contributed by atoms with E-state index in [0.29, 0.717) is 5.92 Å². The molecule has 0 amide bonds. The SMILES string of the molecule is Cc1[nH]c2ccccc2c1[C@@H](N)CC(C)C. The fourth-order valence-electron chi connectivity index (χ4n) is 2.40. The lowest BCUT2D eigenvalue weighted by atomic mass is 9.96. The van der Waals surface area contributed by atoms with E-state index in [2.05, 4.69) is 50.0 Å². The molecule has 1 aromatic carbocycles. The molecule has 86 valence electrons. The van der Waals surface area contributed by atoms with Crippen molar-refractivity contribution >= 4 is 10.9 Å². The molecular weight excluding hydrogens is 196 g/mol. The van der Waals surface area contributed by atoms with Crippen LogP contribution in [0.15, 0.2) is 24.3 Å². The second-order valence-corrected chi connectivity index (χ2v) is 4.95. The first-order valence-electron chi connectivity index (χ1n) is 5.92. The van der Waals surface area contributed by atoms with Gasteiger partial charge in [-0.15, -0.1) is 0 Å². The van der Waals surface area contributed by atoms with Crippen molar-refractivity contribution in [2.24, 2.45) is 11.7 Å². The summed E-state index contributed by atoms with van der Waals surface area (Å²) in [6.45, 7) is 6.53. The van der Waals surface area contributed by atoms with Gasteiger partial charge in [-0.25, -0.2) is 0 Å². The minimum Gasteiger partial charge on any atom is -0.358 e. The zero-order chi connectivity index (χ0) is 11.7. The van der Waals surface area contributed by atoms with E-state index in [-0.39, 0.29) is 6.04 Å². The second kappa shape index (κ2) is 4.30. The van der Waals surface area contributed by atoms with Crippen molar-refractivity contribution in [3.8, 4) is 0 Å². The number of aromatic amines is 1. The highest BCUT2D eigenvalue weighted by molar-refractivity contribution is 5.85. The molecule has 0 saturated heterocycles. The van der Waals surface area contributed by atoms with Gasteiger partial charge in [-0.05, 0) is 30.9 Å². The summed E-state index contributed by atoms with van der Waals surface area (Å²) in [5.41, 5.74) is 9.96. The van der Waals surface area contributed by atoms with Gasteiger partial charge in [-0.1, -0.05) is 32.0 Å². The van der Waals surface area contributed by atoms with E-state index < -0.39 is 0 Å². The van der Waals surface area contributed by atoms with Crippen molar-refractivity contribution in [3.63, 3.8) is 0 Å². The highest BCUT2D eigenvalue weighted by Gasteiger charge is 2.15. The van der Waals surface area contributed by atoms with Crippen LogP contribution in [0.4, 0.5) is 0 Å². The Morgan fingerprint density at radius 3 is 2.62 bits per heavy atom. The number of hydrogen-bond donors (Lipinski definition) is 2. The lowest BCUT2D eigenvalue weighted by molar-refractivity contribution is 0.510. The van der Waals surface area contributed by atoms with Crippen molar-refractivity contribution < 1.29 is 0 Å². The molecule has 0 fully saturated rings. The Morgan fingerprint density at radius 2 is 1.94 bits per heavy atom. The van der Waals surface area contributed by atoms with Gasteiger partial charge in [0.1, 0.15) is 0 Å². The standard InChI is InChI=1S/C14H20N2/c1-9(2)8-12(15)14-10(3)16-13-7-5-4-6-11(13)14/h4-7,9,12,16H,8,15H2,1-3H3/t12-/m0/s1. The topological polar surface area (TPSA) is 41.8 Å². The number of H-pyrrole nitrogens is 1. The first kappa shape index (κ1) is 11.2. The van der Waals surface area contributed by atoms with Crippen LogP contribution in [0.3, 0.4) is 0 Å². The third-order valence-corrected chi connectivity index (χ3v) is 3.04. The quantitative estimate of drug-likeness (QED) is 0.809. The molecule has 2 heteroatoms. The van der Waals surface area contributed by atoms with Crippen LogP contribution in [0, 0.1) is 12.8 Å². The minimum absolute atomic E-state index is 0.135. The van der Waals surface area contributed by atoms with Gasteiger partial charge in [0.25, 0.3) is 0 Å². The van der Waals surface area contributed by atoms with Gasteiger partial charge in [-0.3, -0.25) is 0 Å². The van der Waals surface area contributed by atoms with Gasteiger partial charge in [-0.2, -0.15) is 0 Å². The lowest BCUT2D eigenvalue weighted by Crippen LogP contribution is -2.13. The summed E-state index contributed by atoms with van der Waals surface area (Å²) >= 11 is 0. The van der Waals surface area contributed by atoms with Crippen LogP contribution in [0.2, 0.25) is 0 Å². The molecule has 0 saturated carbocycles. The van der Waals surface area contributed by atoms with Crippen LogP contribution in [0.25, 0.3) is 10.9 Å². The first-order chi connectivity index (χ1) is 7.59. The number of hydrogen-bond acceptors (Lipinski definition) is 1. The van der Waals surface area contributed by atoms with Gasteiger partial charge in [0, 0.05) is 22.6 Å². The number of nitrogens with two attached hydrogens (primary N) is 1. The molecule has 16 heavy (non-hydrogen) atoms. The molecule has 1 heterocycles. The maximum atomic E-state index is 6.29. The fraction of sp³-hybridized carbons (Fsp3) is 0.429. The lowest BCUT2D eigenvalue weighted by Gasteiger charge is -2.14. The number of aryl methyl sites for hydroxylation is 1. The molecule has 0 bridgehead atoms. The number of para-hydroxylation sites is 1. The van der Waals surface area contributed by atoms with E-state index in [1.165, 1.54) is 22.2 Å². The monoisotopic (exact) mass is 216 g/mol. The predicted octanol–water partition coefficient (Wildman–Crippen LogP) is 3.52. The maximum Gasteiger partial charge on any atom is 0.0459 e. The smallest absolute Gasteiger partial charge is 0.0459 e. The van der Waals surface area contributed by atoms with Crippen LogP contribution >= 0.6 is 0 Å². The van der Waals surface area contributed by atoms with Gasteiger partial charge in [0.15, 0.2) is 0 Å². The minimum atomic E-state index is 0.135. The van der Waals surface area contributed by atoms with Crippen molar-refractivity contribution in [3.05, 3.63) is 35.5 Å². The number of benzene rings is 1. The first-order valence-corrected chi connectivity index (χ1v) is 5.92. The van der Waals surface area contributed by atoms with Crippen molar-refractivity contribution in [2.75, 3.05) is 0 Å². The van der Waals surface area contributed by atoms with Gasteiger partial charge < -0.3 is 10.7 Å². The van der Waals surface area contributed by atoms with Gasteiger partial charge in [0.05, 0.1) is 0 Å². The summed E-state index contributed by atoms with van der Waals surface area (Å²) in [5, 5.41) is 1.27. The Bertz CT molecular complexity index is 482. The number of aromatic nitrogens is 1. The Balaban J connectivity index is 2.46. The summed E-state index contributed by atoms with van der Waals surface area (Å²) in [6, 6.07) is 8.51. The van der Waals surface area contributed by atoms with E-state index in [1.807, 2.05) is 0 Å². The van der Waals surface area contributed by atoms with Crippen molar-refractivity contribution in [2.45, 2.75) is 33.2 Å². The molecule has 2 rings (SSSR count). The van der Waals surface area contributed by atoms with Crippen molar-refractivity contribution in [1.29, 1.82) is 0 Å². The van der Waals surface area contributed by atoms with E-state index in [1.54, 1.807) is 0 Å². The molecule has 0 unspecified atom stereocenters.